The summed E-state index contributed by atoms with van der Waals surface area (Å²) in [6, 6.07) is 7.90. The highest BCUT2D eigenvalue weighted by Gasteiger charge is 2.23. The maximum absolute atomic E-state index is 12.5. The molecule has 8 heteroatoms. The second-order valence-corrected chi connectivity index (χ2v) is 9.19. The lowest BCUT2D eigenvalue weighted by Crippen LogP contribution is -2.47. The molecule has 1 aliphatic rings. The predicted molar refractivity (Wildman–Crippen MR) is 119 cm³/mol. The molecule has 0 saturated heterocycles. The van der Waals surface area contributed by atoms with Gasteiger partial charge >= 0.3 is 6.03 Å². The van der Waals surface area contributed by atoms with Crippen LogP contribution in [0.4, 0.5) is 4.79 Å². The fourth-order valence-electron chi connectivity index (χ4n) is 3.69. The van der Waals surface area contributed by atoms with Crippen molar-refractivity contribution in [1.29, 1.82) is 0 Å². The molecule has 1 fully saturated rings. The molecule has 1 aromatic carbocycles. The number of nitrogens with zero attached hydrogens (tertiary/aromatic N) is 3. The number of nitrogens with one attached hydrogen (secondary N) is 2. The van der Waals surface area contributed by atoms with Gasteiger partial charge < -0.3 is 9.88 Å². The number of amides is 3. The summed E-state index contributed by atoms with van der Waals surface area (Å²) >= 11 is 1.32. The number of thioether (sulfide) groups is 1. The van der Waals surface area contributed by atoms with E-state index in [0.29, 0.717) is 5.16 Å². The lowest BCUT2D eigenvalue weighted by Gasteiger charge is -2.23. The number of benzene rings is 1. The normalized spacial score (nSPS) is 15.6. The van der Waals surface area contributed by atoms with Gasteiger partial charge in [0.05, 0.1) is 5.25 Å². The standard InChI is InChI=1S/C22H31N5O2S/c1-4-13-27-19(17-10-8-9-15(2)14-17)25-26-22(27)30-16(3)20(28)24-21(29)23-18-11-6-5-7-12-18/h8-10,14,16,18H,4-7,11-13H2,1-3H3,(H2,23,24,28,29)/t16-/m1/s1. The molecule has 0 aliphatic heterocycles. The highest BCUT2D eigenvalue weighted by atomic mass is 32.2. The number of urea groups is 1. The van der Waals surface area contributed by atoms with Gasteiger partial charge in [-0.1, -0.05) is 61.7 Å². The van der Waals surface area contributed by atoms with E-state index in [1.807, 2.05) is 29.7 Å². The third-order valence-corrected chi connectivity index (χ3v) is 6.35. The maximum Gasteiger partial charge on any atom is 0.321 e. The molecule has 1 saturated carbocycles. The Hall–Kier alpha value is -2.35. The average Bonchev–Trinajstić information content (AvgIpc) is 3.11. The van der Waals surface area contributed by atoms with E-state index in [2.05, 4.69) is 33.8 Å². The second-order valence-electron chi connectivity index (χ2n) is 7.89. The Labute approximate surface area is 182 Å². The van der Waals surface area contributed by atoms with E-state index >= 15 is 0 Å². The van der Waals surface area contributed by atoms with Gasteiger partial charge in [-0.15, -0.1) is 10.2 Å². The summed E-state index contributed by atoms with van der Waals surface area (Å²) in [7, 11) is 0. The SMILES string of the molecule is CCCn1c(S[C@H](C)C(=O)NC(=O)NC2CCCCC2)nnc1-c1cccc(C)c1. The molecule has 2 N–H and O–H groups in total. The zero-order valence-corrected chi connectivity index (χ0v) is 18.8. The van der Waals surface area contributed by atoms with Gasteiger partial charge in [0.25, 0.3) is 0 Å². The summed E-state index contributed by atoms with van der Waals surface area (Å²) in [6.07, 6.45) is 6.36. The molecule has 30 heavy (non-hydrogen) atoms. The molecule has 0 spiro atoms. The fraction of sp³-hybridized carbons (Fsp3) is 0.545. The zero-order valence-electron chi connectivity index (χ0n) is 18.0. The van der Waals surface area contributed by atoms with E-state index in [1.165, 1.54) is 18.2 Å². The monoisotopic (exact) mass is 429 g/mol. The highest BCUT2D eigenvalue weighted by Crippen LogP contribution is 2.27. The van der Waals surface area contributed by atoms with Crippen LogP contribution in [-0.2, 0) is 11.3 Å². The van der Waals surface area contributed by atoms with E-state index < -0.39 is 11.3 Å². The molecule has 3 amide bonds. The van der Waals surface area contributed by atoms with Crippen molar-refractivity contribution in [3.05, 3.63) is 29.8 Å². The topological polar surface area (TPSA) is 88.9 Å². The lowest BCUT2D eigenvalue weighted by atomic mass is 9.96. The molecule has 162 valence electrons. The van der Waals surface area contributed by atoms with Crippen LogP contribution in [-0.4, -0.2) is 38.0 Å². The van der Waals surface area contributed by atoms with Crippen LogP contribution in [0, 0.1) is 6.92 Å². The zero-order chi connectivity index (χ0) is 21.5. The first kappa shape index (κ1) is 22.3. The Morgan fingerprint density at radius 2 is 2.00 bits per heavy atom. The summed E-state index contributed by atoms with van der Waals surface area (Å²) in [5.41, 5.74) is 2.16. The van der Waals surface area contributed by atoms with Gasteiger partial charge in [-0.2, -0.15) is 0 Å². The van der Waals surface area contributed by atoms with Crippen LogP contribution in [0.25, 0.3) is 11.4 Å². The summed E-state index contributed by atoms with van der Waals surface area (Å²) in [5, 5.41) is 14.3. The van der Waals surface area contributed by atoms with Crippen molar-refractivity contribution in [2.24, 2.45) is 0 Å². The maximum atomic E-state index is 12.5. The predicted octanol–water partition coefficient (Wildman–Crippen LogP) is 4.30. The number of hydrogen-bond acceptors (Lipinski definition) is 5. The van der Waals surface area contributed by atoms with Crippen LogP contribution < -0.4 is 10.6 Å². The van der Waals surface area contributed by atoms with E-state index in [0.717, 1.165) is 55.6 Å². The molecular weight excluding hydrogens is 398 g/mol. The first-order chi connectivity index (χ1) is 14.5. The molecule has 1 aromatic heterocycles. The van der Waals surface area contributed by atoms with Crippen molar-refractivity contribution in [2.45, 2.75) is 82.3 Å². The molecule has 7 nitrogen and oxygen atoms in total. The highest BCUT2D eigenvalue weighted by molar-refractivity contribution is 8.00. The van der Waals surface area contributed by atoms with Gasteiger partial charge in [-0.3, -0.25) is 10.1 Å². The molecule has 1 aliphatic carbocycles. The van der Waals surface area contributed by atoms with Crippen molar-refractivity contribution in [3.63, 3.8) is 0 Å². The van der Waals surface area contributed by atoms with Crippen molar-refractivity contribution in [3.8, 4) is 11.4 Å². The first-order valence-electron chi connectivity index (χ1n) is 10.8. The van der Waals surface area contributed by atoms with Gasteiger partial charge in [0.1, 0.15) is 0 Å². The molecule has 1 heterocycles. The quantitative estimate of drug-likeness (QED) is 0.641. The Kier molecular flexibility index (Phi) is 7.90. The Balaban J connectivity index is 1.64. The molecule has 0 bridgehead atoms. The molecule has 0 unspecified atom stereocenters. The van der Waals surface area contributed by atoms with E-state index in [-0.39, 0.29) is 11.9 Å². The third-order valence-electron chi connectivity index (χ3n) is 5.27. The number of aromatic nitrogens is 3. The minimum atomic E-state index is -0.465. The van der Waals surface area contributed by atoms with Crippen molar-refractivity contribution < 1.29 is 9.59 Å². The summed E-state index contributed by atoms with van der Waals surface area (Å²) in [5.74, 6) is 0.474. The van der Waals surface area contributed by atoms with Crippen molar-refractivity contribution >= 4 is 23.7 Å². The van der Waals surface area contributed by atoms with Crippen LogP contribution in [0.3, 0.4) is 0 Å². The summed E-state index contributed by atoms with van der Waals surface area (Å²) in [6.45, 7) is 6.69. The number of imide groups is 1. The van der Waals surface area contributed by atoms with Crippen LogP contribution in [0.1, 0.15) is 57.9 Å². The van der Waals surface area contributed by atoms with E-state index in [9.17, 15) is 9.59 Å². The minimum Gasteiger partial charge on any atom is -0.335 e. The van der Waals surface area contributed by atoms with Gasteiger partial charge in [-0.25, -0.2) is 4.79 Å². The third kappa shape index (κ3) is 5.84. The van der Waals surface area contributed by atoms with E-state index in [1.54, 1.807) is 6.92 Å². The number of carbonyl (C=O) groups excluding carboxylic acids is 2. The fourth-order valence-corrected chi connectivity index (χ4v) is 4.57. The van der Waals surface area contributed by atoms with Crippen LogP contribution in [0.2, 0.25) is 0 Å². The van der Waals surface area contributed by atoms with Crippen LogP contribution in [0.15, 0.2) is 29.4 Å². The smallest absolute Gasteiger partial charge is 0.321 e. The molecule has 0 radical (unpaired) electrons. The van der Waals surface area contributed by atoms with Gasteiger partial charge in [0.2, 0.25) is 5.91 Å². The van der Waals surface area contributed by atoms with E-state index in [4.69, 9.17) is 0 Å². The largest absolute Gasteiger partial charge is 0.335 e. The Bertz CT molecular complexity index is 876. The Morgan fingerprint density at radius 1 is 1.23 bits per heavy atom. The minimum absolute atomic E-state index is 0.166. The number of rotatable bonds is 7. The molecule has 3 rings (SSSR count). The lowest BCUT2D eigenvalue weighted by molar-refractivity contribution is -0.119. The van der Waals surface area contributed by atoms with Gasteiger partial charge in [0, 0.05) is 18.2 Å². The molecule has 1 atom stereocenters. The van der Waals surface area contributed by atoms with Crippen LogP contribution in [0.5, 0.6) is 0 Å². The average molecular weight is 430 g/mol. The second kappa shape index (κ2) is 10.6. The first-order valence-corrected chi connectivity index (χ1v) is 11.6. The number of hydrogen-bond donors (Lipinski definition) is 2. The number of carbonyl (C=O) groups is 2. The van der Waals surface area contributed by atoms with Crippen molar-refractivity contribution in [1.82, 2.24) is 25.4 Å². The Morgan fingerprint density at radius 3 is 2.70 bits per heavy atom. The molecule has 2 aromatic rings. The number of aryl methyl sites for hydroxylation is 1. The van der Waals surface area contributed by atoms with Gasteiger partial charge in [-0.05, 0) is 39.2 Å². The molecular formula is C22H31N5O2S. The summed E-state index contributed by atoms with van der Waals surface area (Å²) < 4.78 is 2.05. The summed E-state index contributed by atoms with van der Waals surface area (Å²) in [4.78, 5) is 24.7. The van der Waals surface area contributed by atoms with Crippen LogP contribution >= 0.6 is 11.8 Å². The van der Waals surface area contributed by atoms with Gasteiger partial charge in [0.15, 0.2) is 11.0 Å². The van der Waals surface area contributed by atoms with Crippen molar-refractivity contribution in [2.75, 3.05) is 0 Å².